The van der Waals surface area contributed by atoms with Crippen LogP contribution in [0.5, 0.6) is 5.75 Å². The number of fused-ring (bicyclic) bond motifs is 3. The highest BCUT2D eigenvalue weighted by atomic mass is 19.4. The minimum absolute atomic E-state index is 0.0879. The molecule has 2 aliphatic rings. The van der Waals surface area contributed by atoms with Crippen LogP contribution in [0.2, 0.25) is 0 Å². The summed E-state index contributed by atoms with van der Waals surface area (Å²) >= 11 is 0. The molecule has 0 aromatic heterocycles. The number of halogens is 3. The van der Waals surface area contributed by atoms with Crippen molar-refractivity contribution in [1.29, 1.82) is 0 Å². The van der Waals surface area contributed by atoms with Gasteiger partial charge in [-0.15, -0.1) is 0 Å². The average molecular weight is 543 g/mol. The van der Waals surface area contributed by atoms with Crippen molar-refractivity contribution < 1.29 is 27.5 Å². The third-order valence-electron chi connectivity index (χ3n) is 6.92. The zero-order chi connectivity index (χ0) is 28.4. The molecular weight excluding hydrogens is 509 g/mol. The fraction of sp³-hybridized carbons (Fsp3) is 0.414. The quantitative estimate of drug-likeness (QED) is 0.483. The summed E-state index contributed by atoms with van der Waals surface area (Å²) in [4.78, 5) is 30.7. The molecule has 2 aromatic rings. The molecule has 2 heterocycles. The van der Waals surface area contributed by atoms with Gasteiger partial charge in [0.15, 0.2) is 5.96 Å². The molecule has 4 rings (SSSR count). The van der Waals surface area contributed by atoms with Crippen LogP contribution < -0.4 is 15.8 Å². The molecular formula is C29H33F3N4O3. The molecule has 2 aromatic carbocycles. The molecule has 39 heavy (non-hydrogen) atoms. The van der Waals surface area contributed by atoms with Crippen LogP contribution in [-0.2, 0) is 17.5 Å². The van der Waals surface area contributed by atoms with Gasteiger partial charge < -0.3 is 15.8 Å². The van der Waals surface area contributed by atoms with Gasteiger partial charge in [-0.2, -0.15) is 13.2 Å². The molecule has 7 nitrogen and oxygen atoms in total. The zero-order valence-corrected chi connectivity index (χ0v) is 22.2. The second kappa shape index (κ2) is 11.1. The van der Waals surface area contributed by atoms with E-state index < -0.39 is 29.3 Å². The van der Waals surface area contributed by atoms with Gasteiger partial charge in [-0.05, 0) is 74.6 Å². The number of alkyl halides is 3. The van der Waals surface area contributed by atoms with E-state index in [1.165, 1.54) is 6.07 Å². The Bertz CT molecular complexity index is 1300. The van der Waals surface area contributed by atoms with Crippen LogP contribution in [0.1, 0.15) is 85.1 Å². The number of carbonyl (C=O) groups is 2. The van der Waals surface area contributed by atoms with Crippen LogP contribution in [0.4, 0.5) is 13.2 Å². The summed E-state index contributed by atoms with van der Waals surface area (Å²) in [7, 11) is 0. The lowest BCUT2D eigenvalue weighted by atomic mass is 9.88. The standard InChI is InChI=1S/C29H33F3N4O3/c1-4-22-8-6-5-7-18-9-10-25-23(13-18)24(15-28(2,3)39-25)35-26(38)20-11-19(12-21(14-20)29(30,31)32)16-36(17-37)27(33)34-22/h5,7,9-14,17,22,24H,4,6,8,15-16H2,1-3H3,(H2,33,34)(H,35,38)/b7-5+. The first-order chi connectivity index (χ1) is 18.4. The maximum Gasteiger partial charge on any atom is 0.416 e. The number of benzene rings is 2. The van der Waals surface area contributed by atoms with E-state index in [1.807, 2.05) is 51.1 Å². The van der Waals surface area contributed by atoms with Crippen LogP contribution >= 0.6 is 0 Å². The molecule has 10 heteroatoms. The van der Waals surface area contributed by atoms with E-state index in [2.05, 4.69) is 10.3 Å². The Kier molecular flexibility index (Phi) is 8.04. The number of nitrogens with zero attached hydrogens (tertiary/aromatic N) is 2. The average Bonchev–Trinajstić information content (AvgIpc) is 2.87. The summed E-state index contributed by atoms with van der Waals surface area (Å²) < 4.78 is 47.6. The Hall–Kier alpha value is -3.82. The van der Waals surface area contributed by atoms with Gasteiger partial charge in [0, 0.05) is 17.5 Å². The lowest BCUT2D eigenvalue weighted by Gasteiger charge is -2.38. The number of guanidine groups is 1. The topological polar surface area (TPSA) is 97.0 Å². The van der Waals surface area contributed by atoms with Gasteiger partial charge in [-0.3, -0.25) is 14.5 Å². The summed E-state index contributed by atoms with van der Waals surface area (Å²) in [5.41, 5.74) is 6.10. The molecule has 3 N–H and O–H groups in total. The Morgan fingerprint density at radius 2 is 2.00 bits per heavy atom. The molecule has 2 atom stereocenters. The van der Waals surface area contributed by atoms with Gasteiger partial charge in [0.05, 0.1) is 24.2 Å². The summed E-state index contributed by atoms with van der Waals surface area (Å²) in [6.45, 7) is 5.48. The number of carbonyl (C=O) groups excluding carboxylic acids is 2. The highest BCUT2D eigenvalue weighted by Crippen LogP contribution is 2.40. The molecule has 0 radical (unpaired) electrons. The number of ether oxygens (including phenoxy) is 1. The SMILES string of the molecule is CCC1CC/C=C/c2ccc3c(c2)C(CC(C)(C)O3)NC(=O)c2cc(cc(C(F)(F)F)c2)CN(C=O)C(N)=N1. The van der Waals surface area contributed by atoms with E-state index in [0.29, 0.717) is 37.8 Å². The number of hydrogen-bond acceptors (Lipinski definition) is 5. The van der Waals surface area contributed by atoms with Gasteiger partial charge in [-0.25, -0.2) is 4.99 Å². The third-order valence-corrected chi connectivity index (χ3v) is 6.92. The monoisotopic (exact) mass is 542 g/mol. The Balaban J connectivity index is 1.82. The van der Waals surface area contributed by atoms with Gasteiger partial charge in [0.2, 0.25) is 6.41 Å². The van der Waals surface area contributed by atoms with Crippen LogP contribution in [-0.4, -0.2) is 34.8 Å². The predicted molar refractivity (Wildman–Crippen MR) is 143 cm³/mol. The lowest BCUT2D eigenvalue weighted by molar-refractivity contribution is -0.137. The van der Waals surface area contributed by atoms with Crippen molar-refractivity contribution in [2.75, 3.05) is 0 Å². The first-order valence-electron chi connectivity index (χ1n) is 13.0. The molecule has 0 saturated carbocycles. The number of hydrogen-bond donors (Lipinski definition) is 2. The normalized spacial score (nSPS) is 22.5. The van der Waals surface area contributed by atoms with Crippen molar-refractivity contribution in [2.45, 2.75) is 76.9 Å². The maximum atomic E-state index is 13.8. The van der Waals surface area contributed by atoms with Crippen LogP contribution in [0, 0.1) is 0 Å². The number of allylic oxidation sites excluding steroid dienone is 1. The first kappa shape index (κ1) is 28.2. The van der Waals surface area contributed by atoms with Crippen LogP contribution in [0.25, 0.3) is 6.08 Å². The van der Waals surface area contributed by atoms with Gasteiger partial charge >= 0.3 is 6.18 Å². The van der Waals surface area contributed by atoms with E-state index in [9.17, 15) is 22.8 Å². The molecule has 0 fully saturated rings. The fourth-order valence-corrected chi connectivity index (χ4v) is 4.92. The van der Waals surface area contributed by atoms with E-state index in [1.54, 1.807) is 0 Å². The van der Waals surface area contributed by atoms with Crippen LogP contribution in [0.3, 0.4) is 0 Å². The minimum Gasteiger partial charge on any atom is -0.487 e. The maximum absolute atomic E-state index is 13.8. The van der Waals surface area contributed by atoms with Crippen molar-refractivity contribution in [3.8, 4) is 5.75 Å². The second-order valence-electron chi connectivity index (χ2n) is 10.6. The van der Waals surface area contributed by atoms with E-state index in [-0.39, 0.29) is 29.7 Å². The number of nitrogens with two attached hydrogens (primary N) is 1. The van der Waals surface area contributed by atoms with Gasteiger partial charge in [0.25, 0.3) is 5.91 Å². The summed E-state index contributed by atoms with van der Waals surface area (Å²) in [6.07, 6.45) is 2.21. The second-order valence-corrected chi connectivity index (χ2v) is 10.6. The van der Waals surface area contributed by atoms with Crippen molar-refractivity contribution >= 4 is 24.4 Å². The molecule has 2 amide bonds. The number of rotatable bonds is 2. The van der Waals surface area contributed by atoms with Gasteiger partial charge in [-0.1, -0.05) is 25.1 Å². The van der Waals surface area contributed by atoms with E-state index in [0.717, 1.165) is 28.2 Å². The smallest absolute Gasteiger partial charge is 0.416 e. The highest BCUT2D eigenvalue weighted by molar-refractivity contribution is 5.95. The molecule has 0 saturated heterocycles. The first-order valence-corrected chi connectivity index (χ1v) is 13.0. The summed E-state index contributed by atoms with van der Waals surface area (Å²) in [6, 6.07) is 8.12. The molecule has 0 aliphatic carbocycles. The minimum atomic E-state index is -4.70. The number of aliphatic imine (C=N–C) groups is 1. The van der Waals surface area contributed by atoms with Crippen molar-refractivity contribution in [3.63, 3.8) is 0 Å². The third kappa shape index (κ3) is 6.79. The molecule has 4 bridgehead atoms. The highest BCUT2D eigenvalue weighted by Gasteiger charge is 2.36. The predicted octanol–water partition coefficient (Wildman–Crippen LogP) is 5.60. The molecule has 208 valence electrons. The Morgan fingerprint density at radius 1 is 1.23 bits per heavy atom. The van der Waals surface area contributed by atoms with E-state index >= 15 is 0 Å². The van der Waals surface area contributed by atoms with Crippen molar-refractivity contribution in [1.82, 2.24) is 10.2 Å². The molecule has 2 unspecified atom stereocenters. The fourth-order valence-electron chi connectivity index (χ4n) is 4.92. The Morgan fingerprint density at radius 3 is 2.69 bits per heavy atom. The lowest BCUT2D eigenvalue weighted by Crippen LogP contribution is -2.41. The summed E-state index contributed by atoms with van der Waals surface area (Å²) in [5, 5.41) is 2.92. The zero-order valence-electron chi connectivity index (χ0n) is 22.2. The molecule has 2 aliphatic heterocycles. The number of amides is 2. The Labute approximate surface area is 225 Å². The van der Waals surface area contributed by atoms with Crippen LogP contribution in [0.15, 0.2) is 47.5 Å². The van der Waals surface area contributed by atoms with E-state index in [4.69, 9.17) is 10.5 Å². The van der Waals surface area contributed by atoms with Gasteiger partial charge in [0.1, 0.15) is 11.4 Å². The van der Waals surface area contributed by atoms with Crippen molar-refractivity contribution in [3.05, 3.63) is 70.3 Å². The van der Waals surface area contributed by atoms with Crippen molar-refractivity contribution in [2.24, 2.45) is 10.7 Å². The molecule has 0 spiro atoms. The number of nitrogens with one attached hydrogen (secondary N) is 1. The summed E-state index contributed by atoms with van der Waals surface area (Å²) in [5.74, 6) is -0.135. The largest absolute Gasteiger partial charge is 0.487 e.